The smallest absolute Gasteiger partial charge is 0.160 e. The van der Waals surface area contributed by atoms with Gasteiger partial charge in [-0.2, -0.15) is 0 Å². The quantitative estimate of drug-likeness (QED) is 0.0551. The summed E-state index contributed by atoms with van der Waals surface area (Å²) in [5.74, 6) is 0.688. The first-order valence-corrected chi connectivity index (χ1v) is 23.2. The molecule has 0 N–H and O–H groups in total. The van der Waals surface area contributed by atoms with Crippen molar-refractivity contribution in [2.24, 2.45) is 4.99 Å². The second-order valence-corrected chi connectivity index (χ2v) is 17.1. The summed E-state index contributed by atoms with van der Waals surface area (Å²) in [7, 11) is 0. The van der Waals surface area contributed by atoms with Crippen LogP contribution in [0.25, 0.3) is 50.7 Å². The highest BCUT2D eigenvalue weighted by atomic mass is 14.9. The Hall–Kier alpha value is -8.27. The van der Waals surface area contributed by atoms with E-state index < -0.39 is 5.41 Å². The van der Waals surface area contributed by atoms with Crippen molar-refractivity contribution < 1.29 is 0 Å². The van der Waals surface area contributed by atoms with Gasteiger partial charge in [0.15, 0.2) is 5.82 Å². The van der Waals surface area contributed by atoms with E-state index in [1.165, 1.54) is 22.3 Å². The molecule has 68 heavy (non-hydrogen) atoms. The number of hydrogen-bond donors (Lipinski definition) is 0. The number of rotatable bonds is 16. The molecule has 8 rings (SSSR count). The topological polar surface area (TPSA) is 38.1 Å². The van der Waals surface area contributed by atoms with Gasteiger partial charge in [-0.05, 0) is 102 Å². The van der Waals surface area contributed by atoms with Crippen LogP contribution in [0.1, 0.15) is 61.9 Å². The predicted octanol–water partition coefficient (Wildman–Crippen LogP) is 16.9. The largest absolute Gasteiger partial charge is 0.253 e. The Kier molecular flexibility index (Phi) is 14.8. The molecule has 7 aromatic carbocycles. The van der Waals surface area contributed by atoms with Crippen LogP contribution in [-0.2, 0) is 5.41 Å². The molecule has 332 valence electrons. The Labute approximate surface area is 403 Å². The lowest BCUT2D eigenvalue weighted by Gasteiger charge is -2.32. The molecule has 0 fully saturated rings. The fourth-order valence-electron chi connectivity index (χ4n) is 8.42. The van der Waals surface area contributed by atoms with Crippen LogP contribution in [0, 0.1) is 0 Å². The summed E-state index contributed by atoms with van der Waals surface area (Å²) in [6.07, 6.45) is 13.0. The Morgan fingerprint density at radius 3 is 1.71 bits per heavy atom. The van der Waals surface area contributed by atoms with Gasteiger partial charge >= 0.3 is 0 Å². The second-order valence-electron chi connectivity index (χ2n) is 17.1. The fourth-order valence-corrected chi connectivity index (χ4v) is 8.42. The monoisotopic (exact) mass is 879 g/mol. The van der Waals surface area contributed by atoms with E-state index in [9.17, 15) is 0 Å². The van der Waals surface area contributed by atoms with Crippen LogP contribution in [0.2, 0.25) is 0 Å². The zero-order chi connectivity index (χ0) is 47.3. The van der Waals surface area contributed by atoms with Crippen molar-refractivity contribution in [1.29, 1.82) is 0 Å². The maximum absolute atomic E-state index is 5.26. The van der Waals surface area contributed by atoms with Crippen LogP contribution in [-0.4, -0.2) is 15.7 Å². The lowest BCUT2D eigenvalue weighted by Crippen LogP contribution is -2.25. The van der Waals surface area contributed by atoms with Gasteiger partial charge in [0.05, 0.1) is 17.1 Å². The van der Waals surface area contributed by atoms with Gasteiger partial charge in [-0.15, -0.1) is 0 Å². The molecule has 1 heterocycles. The van der Waals surface area contributed by atoms with E-state index in [-0.39, 0.29) is 0 Å². The van der Waals surface area contributed by atoms with Crippen molar-refractivity contribution in [3.8, 4) is 45.0 Å². The molecule has 0 radical (unpaired) electrons. The molecule has 1 aromatic heterocycles. The van der Waals surface area contributed by atoms with Gasteiger partial charge in [0, 0.05) is 27.8 Å². The number of allylic oxidation sites excluding steroid dienone is 9. The zero-order valence-corrected chi connectivity index (χ0v) is 39.5. The third-order valence-electron chi connectivity index (χ3n) is 12.6. The van der Waals surface area contributed by atoms with E-state index >= 15 is 0 Å². The third-order valence-corrected chi connectivity index (χ3v) is 12.6. The highest BCUT2D eigenvalue weighted by Crippen LogP contribution is 2.40. The summed E-state index contributed by atoms with van der Waals surface area (Å²) in [4.78, 5) is 15.6. The van der Waals surface area contributed by atoms with Gasteiger partial charge < -0.3 is 0 Å². The van der Waals surface area contributed by atoms with Crippen LogP contribution in [0.15, 0.2) is 272 Å². The van der Waals surface area contributed by atoms with Crippen molar-refractivity contribution in [2.75, 3.05) is 0 Å². The summed E-state index contributed by atoms with van der Waals surface area (Å²) < 4.78 is 0. The van der Waals surface area contributed by atoms with Crippen LogP contribution in [0.4, 0.5) is 0 Å². The van der Waals surface area contributed by atoms with Gasteiger partial charge in [0.2, 0.25) is 0 Å². The molecule has 0 aliphatic carbocycles. The molecular formula is C65H57N3. The minimum absolute atomic E-state index is 0.479. The molecule has 0 bridgehead atoms. The normalized spacial score (nSPS) is 13.3. The van der Waals surface area contributed by atoms with Gasteiger partial charge in [-0.3, -0.25) is 4.99 Å². The van der Waals surface area contributed by atoms with Crippen molar-refractivity contribution in [1.82, 2.24) is 9.97 Å². The van der Waals surface area contributed by atoms with Gasteiger partial charge in [0.25, 0.3) is 0 Å². The van der Waals surface area contributed by atoms with Crippen LogP contribution in [0.3, 0.4) is 0 Å². The molecule has 0 saturated carbocycles. The summed E-state index contributed by atoms with van der Waals surface area (Å²) in [5, 5.41) is 0. The maximum Gasteiger partial charge on any atom is 0.160 e. The molecule has 0 spiro atoms. The van der Waals surface area contributed by atoms with Crippen LogP contribution >= 0.6 is 0 Å². The number of nitrogens with zero attached hydrogens (tertiary/aromatic N) is 3. The summed E-state index contributed by atoms with van der Waals surface area (Å²) in [6.45, 7) is 17.0. The first-order valence-electron chi connectivity index (χ1n) is 23.2. The molecule has 0 aliphatic heterocycles. The van der Waals surface area contributed by atoms with Crippen molar-refractivity contribution in [3.05, 3.63) is 294 Å². The molecule has 3 nitrogen and oxygen atoms in total. The van der Waals surface area contributed by atoms with Crippen molar-refractivity contribution >= 4 is 11.4 Å². The minimum atomic E-state index is -0.479. The van der Waals surface area contributed by atoms with E-state index in [1.54, 1.807) is 0 Å². The standard InChI is InChI=1S/C65H57N3/c1-7-9-23-47(3)48(4)44-50(8-2)34-43-61(66-49(5)51-24-14-10-15-25-51)53-35-39-59(40-36-53)65(6,58-32-20-13-21-33-58)60-41-37-54(38-42-60)62-46-63(68-64(67-62)55-28-18-12-19-29-55)57-31-22-30-56(45-57)52-26-16-11-17-27-52/h7-33,35-46H,2,4,34H2,1,3,5-6H3/b9-7-,47-23+,50-44+,61-43-,66-49?. The van der Waals surface area contributed by atoms with Crippen molar-refractivity contribution in [3.63, 3.8) is 0 Å². The number of aromatic nitrogens is 2. The maximum atomic E-state index is 5.26. The molecular weight excluding hydrogens is 823 g/mol. The number of hydrogen-bond acceptors (Lipinski definition) is 3. The molecule has 1 unspecified atom stereocenters. The van der Waals surface area contributed by atoms with Crippen LogP contribution in [0.5, 0.6) is 0 Å². The first kappa shape index (κ1) is 46.3. The first-order chi connectivity index (χ1) is 33.2. The SMILES string of the molecule is C=C/C(=C\C(=C)/C(C)=C/C=C\C)C/C=C(\N=C(C)c1ccccc1)c1ccc(C(C)(c2ccccc2)c2ccc(-c3cc(-c4cccc(-c5ccccc5)c4)nc(-c4ccccc4)n3)cc2)cc1. The number of benzene rings is 7. The Morgan fingerprint density at radius 1 is 0.559 bits per heavy atom. The Balaban J connectivity index is 1.16. The number of aliphatic imine (C=N–C) groups is 1. The van der Waals surface area contributed by atoms with Crippen LogP contribution < -0.4 is 0 Å². The minimum Gasteiger partial charge on any atom is -0.253 e. The highest BCUT2D eigenvalue weighted by Gasteiger charge is 2.31. The Bertz CT molecular complexity index is 3160. The lowest BCUT2D eigenvalue weighted by atomic mass is 9.71. The zero-order valence-electron chi connectivity index (χ0n) is 39.5. The average molecular weight is 880 g/mol. The molecule has 0 aliphatic rings. The molecule has 1 atom stereocenters. The van der Waals surface area contributed by atoms with E-state index in [1.807, 2.05) is 55.5 Å². The fraction of sp³-hybridized carbons (Fsp3) is 0.0923. The van der Waals surface area contributed by atoms with E-state index in [2.05, 4.69) is 222 Å². The van der Waals surface area contributed by atoms with Gasteiger partial charge in [-0.25, -0.2) is 9.97 Å². The summed E-state index contributed by atoms with van der Waals surface area (Å²) in [5.41, 5.74) is 17.2. The second kappa shape index (κ2) is 21.8. The van der Waals surface area contributed by atoms with E-state index in [0.717, 1.165) is 72.9 Å². The third kappa shape index (κ3) is 10.9. The van der Waals surface area contributed by atoms with Crippen molar-refractivity contribution in [2.45, 2.75) is 39.5 Å². The highest BCUT2D eigenvalue weighted by molar-refractivity contribution is 6.01. The molecule has 0 amide bonds. The lowest BCUT2D eigenvalue weighted by molar-refractivity contribution is 0.692. The van der Waals surface area contributed by atoms with Gasteiger partial charge in [-0.1, -0.05) is 238 Å². The summed E-state index contributed by atoms with van der Waals surface area (Å²) in [6, 6.07) is 70.3. The van der Waals surface area contributed by atoms with Gasteiger partial charge in [0.1, 0.15) is 0 Å². The van der Waals surface area contributed by atoms with E-state index in [0.29, 0.717) is 12.2 Å². The molecule has 0 saturated heterocycles. The molecule has 3 heteroatoms. The summed E-state index contributed by atoms with van der Waals surface area (Å²) >= 11 is 0. The molecule has 8 aromatic rings. The van der Waals surface area contributed by atoms with E-state index in [4.69, 9.17) is 15.0 Å². The average Bonchev–Trinajstić information content (AvgIpc) is 3.41. The Morgan fingerprint density at radius 2 is 1.09 bits per heavy atom. The predicted molar refractivity (Wildman–Crippen MR) is 289 cm³/mol.